The molecule has 7 heteroatoms. The van der Waals surface area contributed by atoms with Crippen LogP contribution in [0.4, 0.5) is 17.3 Å². The van der Waals surface area contributed by atoms with Crippen molar-refractivity contribution in [2.45, 2.75) is 0 Å². The van der Waals surface area contributed by atoms with Crippen molar-refractivity contribution in [1.82, 2.24) is 9.88 Å². The highest BCUT2D eigenvalue weighted by Crippen LogP contribution is 2.29. The third-order valence-corrected chi connectivity index (χ3v) is 2.64. The summed E-state index contributed by atoms with van der Waals surface area (Å²) in [7, 11) is 1.54. The van der Waals surface area contributed by atoms with Crippen LogP contribution in [0.25, 0.3) is 0 Å². The molecule has 1 aromatic rings. The molecule has 7 nitrogen and oxygen atoms in total. The fraction of sp³-hybridized carbons (Fsp3) is 0.455. The third-order valence-electron chi connectivity index (χ3n) is 2.64. The van der Waals surface area contributed by atoms with Crippen molar-refractivity contribution >= 4 is 23.7 Å². The zero-order valence-electron chi connectivity index (χ0n) is 10.3. The Hall–Kier alpha value is -2.02. The zero-order valence-corrected chi connectivity index (χ0v) is 10.3. The fourth-order valence-corrected chi connectivity index (χ4v) is 1.59. The lowest BCUT2D eigenvalue weighted by molar-refractivity contribution is 0.0701. The quantitative estimate of drug-likeness (QED) is 0.590. The molecule has 0 saturated carbocycles. The summed E-state index contributed by atoms with van der Waals surface area (Å²) in [6, 6.07) is 1.62. The summed E-state index contributed by atoms with van der Waals surface area (Å²) in [5.74, 6) is 1.19. The Bertz CT molecular complexity index is 443. The highest BCUT2D eigenvalue weighted by Gasteiger charge is 2.09. The molecule has 2 rings (SSSR count). The van der Waals surface area contributed by atoms with Crippen molar-refractivity contribution in [3.05, 3.63) is 6.07 Å². The van der Waals surface area contributed by atoms with Gasteiger partial charge in [-0.05, 0) is 0 Å². The fourth-order valence-electron chi connectivity index (χ4n) is 1.59. The predicted molar refractivity (Wildman–Crippen MR) is 70.2 cm³/mol. The number of rotatable bonds is 3. The molecule has 4 N–H and O–H groups in total. The smallest absolute Gasteiger partial charge is 0.198 e. The van der Waals surface area contributed by atoms with Crippen molar-refractivity contribution in [3.63, 3.8) is 0 Å². The van der Waals surface area contributed by atoms with Gasteiger partial charge in [-0.2, -0.15) is 0 Å². The van der Waals surface area contributed by atoms with Crippen LogP contribution in [0.1, 0.15) is 0 Å². The number of nitrogens with two attached hydrogens (primary N) is 2. The van der Waals surface area contributed by atoms with E-state index in [1.807, 2.05) is 0 Å². The minimum Gasteiger partial charge on any atom is -0.493 e. The van der Waals surface area contributed by atoms with Gasteiger partial charge in [-0.25, -0.2) is 9.98 Å². The van der Waals surface area contributed by atoms with Crippen LogP contribution in [0.2, 0.25) is 0 Å². The van der Waals surface area contributed by atoms with Gasteiger partial charge >= 0.3 is 0 Å². The Labute approximate surface area is 105 Å². The molecule has 0 aliphatic carbocycles. The maximum Gasteiger partial charge on any atom is 0.198 e. The maximum absolute atomic E-state index is 5.66. The Morgan fingerprint density at radius 2 is 2.17 bits per heavy atom. The topological polar surface area (TPSA) is 99.0 Å². The Morgan fingerprint density at radius 1 is 1.44 bits per heavy atom. The van der Waals surface area contributed by atoms with Gasteiger partial charge in [0, 0.05) is 19.2 Å². The average molecular weight is 251 g/mol. The van der Waals surface area contributed by atoms with Gasteiger partial charge in [0.2, 0.25) is 0 Å². The minimum atomic E-state index is 0.255. The molecule has 1 aliphatic heterocycles. The molecule has 1 aromatic heterocycles. The van der Waals surface area contributed by atoms with E-state index >= 15 is 0 Å². The van der Waals surface area contributed by atoms with Gasteiger partial charge in [-0.3, -0.25) is 0 Å². The number of ether oxygens (including phenoxy) is 2. The van der Waals surface area contributed by atoms with Crippen LogP contribution in [-0.2, 0) is 4.74 Å². The van der Waals surface area contributed by atoms with Gasteiger partial charge in [-0.1, -0.05) is 0 Å². The van der Waals surface area contributed by atoms with Gasteiger partial charge in [0.25, 0.3) is 0 Å². The highest BCUT2D eigenvalue weighted by molar-refractivity contribution is 5.69. The van der Waals surface area contributed by atoms with Crippen LogP contribution in [0.15, 0.2) is 11.1 Å². The van der Waals surface area contributed by atoms with E-state index in [1.165, 1.54) is 0 Å². The normalized spacial score (nSPS) is 16.2. The summed E-state index contributed by atoms with van der Waals surface area (Å²) < 4.78 is 10.4. The molecule has 0 bridgehead atoms. The van der Waals surface area contributed by atoms with E-state index in [-0.39, 0.29) is 5.82 Å². The molecule has 0 radical (unpaired) electrons. The van der Waals surface area contributed by atoms with E-state index in [1.54, 1.807) is 19.5 Å². The lowest BCUT2D eigenvalue weighted by Gasteiger charge is -2.24. The first-order valence-electron chi connectivity index (χ1n) is 5.66. The molecule has 1 fully saturated rings. The molecule has 0 spiro atoms. The van der Waals surface area contributed by atoms with E-state index in [0.717, 1.165) is 13.1 Å². The van der Waals surface area contributed by atoms with Gasteiger partial charge < -0.3 is 25.8 Å². The predicted octanol–water partition coefficient (Wildman–Crippen LogP) is 0.247. The summed E-state index contributed by atoms with van der Waals surface area (Å²) in [6.07, 6.45) is 1.73. The number of anilines is 2. The molecule has 0 unspecified atom stereocenters. The number of aromatic nitrogens is 1. The summed E-state index contributed by atoms with van der Waals surface area (Å²) in [5, 5.41) is 0. The number of morpholine rings is 1. The monoisotopic (exact) mass is 251 g/mol. The highest BCUT2D eigenvalue weighted by atomic mass is 16.5. The van der Waals surface area contributed by atoms with Crippen molar-refractivity contribution in [1.29, 1.82) is 0 Å². The summed E-state index contributed by atoms with van der Waals surface area (Å²) in [6.45, 7) is 3.05. The number of aliphatic imine (C=N–C) groups is 1. The largest absolute Gasteiger partial charge is 0.493 e. The van der Waals surface area contributed by atoms with Gasteiger partial charge in [-0.15, -0.1) is 0 Å². The van der Waals surface area contributed by atoms with E-state index in [2.05, 4.69) is 14.9 Å². The van der Waals surface area contributed by atoms with Crippen LogP contribution in [-0.4, -0.2) is 49.6 Å². The number of nitrogens with zero attached hydrogens (tertiary/aromatic N) is 3. The zero-order chi connectivity index (χ0) is 13.0. The maximum atomic E-state index is 5.66. The molecule has 2 heterocycles. The van der Waals surface area contributed by atoms with Crippen molar-refractivity contribution < 1.29 is 9.47 Å². The SMILES string of the molecule is COc1cc(N)c(N)nc1/N=C/N1CCOCC1. The van der Waals surface area contributed by atoms with Gasteiger partial charge in [0.15, 0.2) is 11.6 Å². The molecule has 98 valence electrons. The van der Waals surface area contributed by atoms with E-state index in [4.69, 9.17) is 20.9 Å². The van der Waals surface area contributed by atoms with Gasteiger partial charge in [0.1, 0.15) is 5.82 Å². The van der Waals surface area contributed by atoms with E-state index in [0.29, 0.717) is 30.5 Å². The summed E-state index contributed by atoms with van der Waals surface area (Å²) >= 11 is 0. The second-order valence-corrected chi connectivity index (χ2v) is 3.88. The van der Waals surface area contributed by atoms with Crippen LogP contribution in [0.3, 0.4) is 0 Å². The van der Waals surface area contributed by atoms with E-state index in [9.17, 15) is 0 Å². The average Bonchev–Trinajstić information content (AvgIpc) is 2.41. The number of methoxy groups -OCH3 is 1. The van der Waals surface area contributed by atoms with Crippen LogP contribution in [0, 0.1) is 0 Å². The van der Waals surface area contributed by atoms with Gasteiger partial charge in [0.05, 0.1) is 32.3 Å². The van der Waals surface area contributed by atoms with Crippen LogP contribution < -0.4 is 16.2 Å². The minimum absolute atomic E-state index is 0.255. The first-order valence-corrected chi connectivity index (χ1v) is 5.66. The van der Waals surface area contributed by atoms with Crippen LogP contribution >= 0.6 is 0 Å². The number of nitrogen functional groups attached to an aromatic ring is 2. The third kappa shape index (κ3) is 2.80. The van der Waals surface area contributed by atoms with Crippen molar-refractivity contribution in [2.24, 2.45) is 4.99 Å². The molecule has 0 aromatic carbocycles. The second-order valence-electron chi connectivity index (χ2n) is 3.88. The number of hydrogen-bond donors (Lipinski definition) is 2. The lowest BCUT2D eigenvalue weighted by Crippen LogP contribution is -2.35. The van der Waals surface area contributed by atoms with E-state index < -0.39 is 0 Å². The standard InChI is InChI=1S/C11H17N5O2/c1-17-9-6-8(12)10(13)15-11(9)14-7-16-2-4-18-5-3-16/h6-7H,2-5,12H2,1H3,(H2,13,15)/b14-7+. The Kier molecular flexibility index (Phi) is 3.83. The van der Waals surface area contributed by atoms with Crippen molar-refractivity contribution in [2.75, 3.05) is 44.9 Å². The Morgan fingerprint density at radius 3 is 2.83 bits per heavy atom. The Balaban J connectivity index is 2.16. The number of hydrogen-bond acceptors (Lipinski definition) is 6. The summed E-state index contributed by atoms with van der Waals surface area (Å²) in [4.78, 5) is 10.4. The molecule has 0 amide bonds. The second kappa shape index (κ2) is 5.54. The molecular weight excluding hydrogens is 234 g/mol. The molecule has 1 aliphatic rings. The molecule has 18 heavy (non-hydrogen) atoms. The van der Waals surface area contributed by atoms with Crippen LogP contribution in [0.5, 0.6) is 5.75 Å². The molecule has 0 atom stereocenters. The first-order chi connectivity index (χ1) is 8.70. The molecular formula is C11H17N5O2. The summed E-state index contributed by atoms with van der Waals surface area (Å²) in [5.41, 5.74) is 11.7. The molecule has 1 saturated heterocycles. The van der Waals surface area contributed by atoms with Crippen molar-refractivity contribution in [3.8, 4) is 5.75 Å². The lowest BCUT2D eigenvalue weighted by atomic mass is 10.3. The first kappa shape index (κ1) is 12.4. The number of pyridine rings is 1.